The van der Waals surface area contributed by atoms with Gasteiger partial charge < -0.3 is 5.32 Å². The van der Waals surface area contributed by atoms with E-state index < -0.39 is 0 Å². The van der Waals surface area contributed by atoms with Crippen LogP contribution in [0.4, 0.5) is 0 Å². The summed E-state index contributed by atoms with van der Waals surface area (Å²) in [5.41, 5.74) is 3.44. The Labute approximate surface area is 162 Å². The summed E-state index contributed by atoms with van der Waals surface area (Å²) in [6.45, 7) is 0.465. The smallest absolute Gasteiger partial charge is 0.258 e. The number of aromatic nitrogens is 2. The average Bonchev–Trinajstić information content (AvgIpc) is 2.69. The summed E-state index contributed by atoms with van der Waals surface area (Å²) >= 11 is 6.20. The number of hydrogen-bond donors (Lipinski definition) is 1. The highest BCUT2D eigenvalue weighted by Crippen LogP contribution is 2.24. The average molecular weight is 376 g/mol. The maximum atomic E-state index is 12.3. The lowest BCUT2D eigenvalue weighted by atomic mass is 9.98. The Balaban J connectivity index is 1.66. The van der Waals surface area contributed by atoms with E-state index in [0.29, 0.717) is 22.9 Å². The Hall–Kier alpha value is -2.95. The normalized spacial score (nSPS) is 12.2. The molecule has 0 unspecified atom stereocenters. The molecule has 2 aromatic carbocycles. The molecule has 0 amide bonds. The minimum absolute atomic E-state index is 0.0547. The molecule has 27 heavy (non-hydrogen) atoms. The van der Waals surface area contributed by atoms with E-state index in [1.807, 2.05) is 60.7 Å². The summed E-state index contributed by atoms with van der Waals surface area (Å²) in [5.74, 6) is 0. The van der Waals surface area contributed by atoms with Gasteiger partial charge in [0, 0.05) is 23.8 Å². The zero-order valence-electron chi connectivity index (χ0n) is 14.5. The minimum atomic E-state index is -0.0867. The van der Waals surface area contributed by atoms with Crippen molar-refractivity contribution >= 4 is 17.2 Å². The van der Waals surface area contributed by atoms with Crippen molar-refractivity contribution in [1.29, 1.82) is 0 Å². The van der Waals surface area contributed by atoms with Crippen molar-refractivity contribution in [2.45, 2.75) is 12.6 Å². The number of nitrogens with one attached hydrogen (secondary N) is 1. The summed E-state index contributed by atoms with van der Waals surface area (Å²) < 4.78 is 1.54. The summed E-state index contributed by atoms with van der Waals surface area (Å²) in [7, 11) is 0. The fraction of sp³-hybridized carbons (Fsp3) is 0.0909. The van der Waals surface area contributed by atoms with Crippen molar-refractivity contribution in [3.8, 4) is 0 Å². The van der Waals surface area contributed by atoms with Gasteiger partial charge in [0.15, 0.2) is 0 Å². The molecule has 0 radical (unpaired) electrons. The van der Waals surface area contributed by atoms with Crippen molar-refractivity contribution < 1.29 is 0 Å². The monoisotopic (exact) mass is 375 g/mol. The number of halogens is 1. The second kappa shape index (κ2) is 7.74. The number of pyridine rings is 1. The lowest BCUT2D eigenvalue weighted by Crippen LogP contribution is -2.24. The molecule has 0 fully saturated rings. The first-order chi connectivity index (χ1) is 13.2. The Morgan fingerprint density at radius 1 is 0.926 bits per heavy atom. The first kappa shape index (κ1) is 17.5. The number of fused-ring (bicyclic) bond motifs is 1. The molecule has 2 aromatic heterocycles. The van der Waals surface area contributed by atoms with Gasteiger partial charge >= 0.3 is 0 Å². The molecule has 4 aromatic rings. The molecule has 0 spiro atoms. The second-order valence-electron chi connectivity index (χ2n) is 6.29. The van der Waals surface area contributed by atoms with Crippen LogP contribution in [0.5, 0.6) is 0 Å². The van der Waals surface area contributed by atoms with Gasteiger partial charge in [-0.25, -0.2) is 4.98 Å². The van der Waals surface area contributed by atoms with Crippen LogP contribution in [0.2, 0.25) is 5.02 Å². The van der Waals surface area contributed by atoms with Crippen LogP contribution in [-0.2, 0) is 6.54 Å². The highest BCUT2D eigenvalue weighted by atomic mass is 35.5. The first-order valence-electron chi connectivity index (χ1n) is 8.72. The molecule has 1 atom stereocenters. The molecule has 1 N–H and O–H groups in total. The third kappa shape index (κ3) is 3.92. The minimum Gasteiger partial charge on any atom is -0.301 e. The predicted molar refractivity (Wildman–Crippen MR) is 108 cm³/mol. The molecule has 0 saturated heterocycles. The molecule has 4 nitrogen and oxygen atoms in total. The Bertz CT molecular complexity index is 1120. The van der Waals surface area contributed by atoms with Crippen molar-refractivity contribution in [3.63, 3.8) is 0 Å². The van der Waals surface area contributed by atoms with Crippen LogP contribution in [0.25, 0.3) is 5.65 Å². The van der Waals surface area contributed by atoms with Gasteiger partial charge in [-0.2, -0.15) is 0 Å². The van der Waals surface area contributed by atoms with Crippen LogP contribution in [0.1, 0.15) is 22.9 Å². The fourth-order valence-electron chi connectivity index (χ4n) is 3.16. The highest BCUT2D eigenvalue weighted by molar-refractivity contribution is 6.30. The zero-order valence-corrected chi connectivity index (χ0v) is 15.3. The van der Waals surface area contributed by atoms with Crippen LogP contribution in [0, 0.1) is 0 Å². The topological polar surface area (TPSA) is 46.4 Å². The van der Waals surface area contributed by atoms with E-state index in [1.54, 1.807) is 12.3 Å². The molecule has 134 valence electrons. The van der Waals surface area contributed by atoms with Crippen LogP contribution in [0.3, 0.4) is 0 Å². The largest absolute Gasteiger partial charge is 0.301 e. The van der Waals surface area contributed by atoms with E-state index >= 15 is 0 Å². The van der Waals surface area contributed by atoms with Crippen LogP contribution in [-0.4, -0.2) is 9.38 Å². The molecule has 0 bridgehead atoms. The third-order valence-electron chi connectivity index (χ3n) is 4.43. The van der Waals surface area contributed by atoms with Gasteiger partial charge in [-0.1, -0.05) is 60.1 Å². The van der Waals surface area contributed by atoms with E-state index in [9.17, 15) is 4.79 Å². The van der Waals surface area contributed by atoms with E-state index in [2.05, 4.69) is 22.4 Å². The lowest BCUT2D eigenvalue weighted by Gasteiger charge is -2.20. The van der Waals surface area contributed by atoms with Crippen LogP contribution >= 0.6 is 11.6 Å². The van der Waals surface area contributed by atoms with Crippen molar-refractivity contribution in [2.24, 2.45) is 0 Å². The molecule has 0 saturated carbocycles. The second-order valence-corrected chi connectivity index (χ2v) is 6.73. The Kier molecular flexibility index (Phi) is 5.01. The van der Waals surface area contributed by atoms with Gasteiger partial charge in [0.05, 0.1) is 11.7 Å². The Morgan fingerprint density at radius 3 is 2.52 bits per heavy atom. The SMILES string of the molecule is O=c1cc(CN[C@@H](c2ccccc2)c2cccc(Cl)c2)nc2ccccn12. The molecule has 0 aliphatic carbocycles. The molecule has 2 heterocycles. The van der Waals surface area contributed by atoms with Crippen LogP contribution < -0.4 is 10.9 Å². The van der Waals surface area contributed by atoms with Crippen LogP contribution in [0.15, 0.2) is 89.9 Å². The zero-order chi connectivity index (χ0) is 18.6. The van der Waals surface area contributed by atoms with Crippen molar-refractivity contribution in [3.05, 3.63) is 117 Å². The van der Waals surface area contributed by atoms with Gasteiger partial charge in [0.1, 0.15) is 5.65 Å². The molecule has 5 heteroatoms. The number of benzene rings is 2. The standard InChI is InChI=1S/C22H18ClN3O/c23-18-10-6-9-17(13-18)22(16-7-2-1-3-8-16)24-15-19-14-21(27)26-12-5-4-11-20(26)25-19/h1-14,22,24H,15H2/t22-/m0/s1. The van der Waals surface area contributed by atoms with Gasteiger partial charge in [-0.15, -0.1) is 0 Å². The van der Waals surface area contributed by atoms with Crippen molar-refractivity contribution in [2.75, 3.05) is 0 Å². The Morgan fingerprint density at radius 2 is 1.70 bits per heavy atom. The maximum Gasteiger partial charge on any atom is 0.258 e. The van der Waals surface area contributed by atoms with E-state index in [1.165, 1.54) is 4.40 Å². The summed E-state index contributed by atoms with van der Waals surface area (Å²) in [5, 5.41) is 4.21. The van der Waals surface area contributed by atoms with Gasteiger partial charge in [-0.05, 0) is 35.4 Å². The van der Waals surface area contributed by atoms with E-state index in [-0.39, 0.29) is 11.6 Å². The maximum absolute atomic E-state index is 12.3. The lowest BCUT2D eigenvalue weighted by molar-refractivity contribution is 0.596. The van der Waals surface area contributed by atoms with Crippen molar-refractivity contribution in [1.82, 2.24) is 14.7 Å². The number of nitrogens with zero attached hydrogens (tertiary/aromatic N) is 2. The third-order valence-corrected chi connectivity index (χ3v) is 4.66. The highest BCUT2D eigenvalue weighted by Gasteiger charge is 2.14. The van der Waals surface area contributed by atoms with E-state index in [4.69, 9.17) is 11.6 Å². The summed E-state index contributed by atoms with van der Waals surface area (Å²) in [6.07, 6.45) is 1.72. The van der Waals surface area contributed by atoms with Gasteiger partial charge in [-0.3, -0.25) is 9.20 Å². The fourth-order valence-corrected chi connectivity index (χ4v) is 3.36. The molecule has 4 rings (SSSR count). The summed E-state index contributed by atoms with van der Waals surface area (Å²) in [4.78, 5) is 16.9. The predicted octanol–water partition coefficient (Wildman–Crippen LogP) is 4.23. The first-order valence-corrected chi connectivity index (χ1v) is 9.09. The molecule has 0 aliphatic heterocycles. The van der Waals surface area contributed by atoms with Gasteiger partial charge in [0.25, 0.3) is 5.56 Å². The number of rotatable bonds is 5. The summed E-state index contributed by atoms with van der Waals surface area (Å²) in [6, 6.07) is 25.0. The molecular formula is C22H18ClN3O. The van der Waals surface area contributed by atoms with Gasteiger partial charge in [0.2, 0.25) is 0 Å². The molecule has 0 aliphatic rings. The molecular weight excluding hydrogens is 358 g/mol. The number of hydrogen-bond acceptors (Lipinski definition) is 3. The van der Waals surface area contributed by atoms with E-state index in [0.717, 1.165) is 11.1 Å². The quantitative estimate of drug-likeness (QED) is 0.568.